The second-order valence-electron chi connectivity index (χ2n) is 5.16. The summed E-state index contributed by atoms with van der Waals surface area (Å²) < 4.78 is 10.6. The summed E-state index contributed by atoms with van der Waals surface area (Å²) in [6.45, 7) is 3.38. The lowest BCUT2D eigenvalue weighted by molar-refractivity contribution is -0.139. The highest BCUT2D eigenvalue weighted by Crippen LogP contribution is 2.24. The van der Waals surface area contributed by atoms with Crippen LogP contribution in [-0.4, -0.2) is 35.8 Å². The fourth-order valence-electron chi connectivity index (χ4n) is 2.22. The molecule has 1 fully saturated rings. The average molecular weight is 293 g/mol. The lowest BCUT2D eigenvalue weighted by atomic mass is 10.1. The van der Waals surface area contributed by atoms with Crippen molar-refractivity contribution in [3.63, 3.8) is 0 Å². The van der Waals surface area contributed by atoms with Gasteiger partial charge < -0.3 is 19.9 Å². The standard InChI is InChI=1S/C15H19NO5/c1-9-7-11(20-8-14(17)18)4-5-12(9)16-15(19)13-6-3-10(2)21-13/h4-5,7,10,13H,3,6,8H2,1-2H3,(H,16,19)(H,17,18). The van der Waals surface area contributed by atoms with E-state index >= 15 is 0 Å². The van der Waals surface area contributed by atoms with Gasteiger partial charge in [0.1, 0.15) is 11.9 Å². The van der Waals surface area contributed by atoms with E-state index in [1.54, 1.807) is 18.2 Å². The van der Waals surface area contributed by atoms with Crippen molar-refractivity contribution in [2.24, 2.45) is 0 Å². The molecule has 1 aromatic carbocycles. The molecule has 2 rings (SSSR count). The van der Waals surface area contributed by atoms with Crippen LogP contribution in [0, 0.1) is 6.92 Å². The molecule has 1 amide bonds. The van der Waals surface area contributed by atoms with E-state index in [-0.39, 0.29) is 18.6 Å². The maximum Gasteiger partial charge on any atom is 0.341 e. The first-order valence-corrected chi connectivity index (χ1v) is 6.87. The maximum absolute atomic E-state index is 12.1. The minimum atomic E-state index is -1.03. The van der Waals surface area contributed by atoms with Gasteiger partial charge in [0.05, 0.1) is 6.10 Å². The predicted octanol–water partition coefficient (Wildman–Crippen LogP) is 1.96. The lowest BCUT2D eigenvalue weighted by Gasteiger charge is -2.14. The molecule has 0 saturated carbocycles. The molecule has 1 aliphatic heterocycles. The normalized spacial score (nSPS) is 21.0. The number of benzene rings is 1. The summed E-state index contributed by atoms with van der Waals surface area (Å²) in [5, 5.41) is 11.4. The third-order valence-electron chi connectivity index (χ3n) is 3.34. The molecule has 6 heteroatoms. The van der Waals surface area contributed by atoms with E-state index in [2.05, 4.69) is 5.32 Å². The minimum absolute atomic E-state index is 0.119. The molecule has 0 aliphatic carbocycles. The van der Waals surface area contributed by atoms with Crippen molar-refractivity contribution in [2.45, 2.75) is 38.9 Å². The molecule has 1 heterocycles. The SMILES string of the molecule is Cc1cc(OCC(=O)O)ccc1NC(=O)C1CCC(C)O1. The number of aryl methyl sites for hydroxylation is 1. The van der Waals surface area contributed by atoms with Gasteiger partial charge in [-0.25, -0.2) is 4.79 Å². The Labute approximate surface area is 123 Å². The molecule has 1 saturated heterocycles. The van der Waals surface area contributed by atoms with Gasteiger partial charge in [0, 0.05) is 5.69 Å². The van der Waals surface area contributed by atoms with E-state index in [1.807, 2.05) is 13.8 Å². The molecular weight excluding hydrogens is 274 g/mol. The number of hydrogen-bond donors (Lipinski definition) is 2. The maximum atomic E-state index is 12.1. The number of anilines is 1. The zero-order valence-electron chi connectivity index (χ0n) is 12.1. The van der Waals surface area contributed by atoms with Crippen LogP contribution in [0.3, 0.4) is 0 Å². The molecule has 2 unspecified atom stereocenters. The molecule has 1 aromatic rings. The smallest absolute Gasteiger partial charge is 0.341 e. The highest BCUT2D eigenvalue weighted by Gasteiger charge is 2.28. The van der Waals surface area contributed by atoms with Crippen LogP contribution >= 0.6 is 0 Å². The van der Waals surface area contributed by atoms with Crippen molar-refractivity contribution < 1.29 is 24.2 Å². The van der Waals surface area contributed by atoms with Gasteiger partial charge >= 0.3 is 5.97 Å². The summed E-state index contributed by atoms with van der Waals surface area (Å²) in [6, 6.07) is 5.02. The quantitative estimate of drug-likeness (QED) is 0.867. The summed E-state index contributed by atoms with van der Waals surface area (Å²) in [5.74, 6) is -0.724. The second-order valence-corrected chi connectivity index (χ2v) is 5.16. The van der Waals surface area contributed by atoms with Crippen LogP contribution in [0.5, 0.6) is 5.75 Å². The van der Waals surface area contributed by atoms with Crippen LogP contribution in [0.4, 0.5) is 5.69 Å². The van der Waals surface area contributed by atoms with Gasteiger partial charge in [0.25, 0.3) is 5.91 Å². The van der Waals surface area contributed by atoms with Crippen molar-refractivity contribution in [1.29, 1.82) is 0 Å². The van der Waals surface area contributed by atoms with Gasteiger partial charge in [0.15, 0.2) is 6.61 Å². The van der Waals surface area contributed by atoms with Gasteiger partial charge in [0.2, 0.25) is 0 Å². The van der Waals surface area contributed by atoms with E-state index < -0.39 is 12.1 Å². The summed E-state index contributed by atoms with van der Waals surface area (Å²) >= 11 is 0. The Morgan fingerprint density at radius 2 is 2.19 bits per heavy atom. The fraction of sp³-hybridized carbons (Fsp3) is 0.467. The first kappa shape index (κ1) is 15.3. The number of carbonyl (C=O) groups is 2. The van der Waals surface area contributed by atoms with E-state index in [1.165, 1.54) is 0 Å². The van der Waals surface area contributed by atoms with E-state index in [4.69, 9.17) is 14.6 Å². The lowest BCUT2D eigenvalue weighted by Crippen LogP contribution is -2.28. The highest BCUT2D eigenvalue weighted by molar-refractivity contribution is 5.95. The van der Waals surface area contributed by atoms with Gasteiger partial charge in [-0.05, 0) is 50.5 Å². The number of rotatable bonds is 5. The summed E-state index contributed by atoms with van der Waals surface area (Å²) in [4.78, 5) is 22.5. The van der Waals surface area contributed by atoms with Gasteiger partial charge in [-0.3, -0.25) is 4.79 Å². The van der Waals surface area contributed by atoms with Crippen LogP contribution in [-0.2, 0) is 14.3 Å². The van der Waals surface area contributed by atoms with Crippen LogP contribution in [0.2, 0.25) is 0 Å². The van der Waals surface area contributed by atoms with Gasteiger partial charge in [-0.15, -0.1) is 0 Å². The monoisotopic (exact) mass is 293 g/mol. The van der Waals surface area contributed by atoms with E-state index in [9.17, 15) is 9.59 Å². The van der Waals surface area contributed by atoms with Gasteiger partial charge in [-0.2, -0.15) is 0 Å². The number of carbonyl (C=O) groups excluding carboxylic acids is 1. The number of carboxylic acid groups (broad SMARTS) is 1. The topological polar surface area (TPSA) is 84.9 Å². The summed E-state index contributed by atoms with van der Waals surface area (Å²) in [5.41, 5.74) is 1.48. The third-order valence-corrected chi connectivity index (χ3v) is 3.34. The fourth-order valence-corrected chi connectivity index (χ4v) is 2.22. The Morgan fingerprint density at radius 3 is 2.76 bits per heavy atom. The Morgan fingerprint density at radius 1 is 1.43 bits per heavy atom. The molecule has 0 spiro atoms. The number of amides is 1. The number of ether oxygens (including phenoxy) is 2. The summed E-state index contributed by atoms with van der Waals surface area (Å²) in [6.07, 6.45) is 1.33. The number of hydrogen-bond acceptors (Lipinski definition) is 4. The Kier molecular flexibility index (Phi) is 4.80. The molecule has 21 heavy (non-hydrogen) atoms. The van der Waals surface area contributed by atoms with Crippen LogP contribution < -0.4 is 10.1 Å². The second kappa shape index (κ2) is 6.58. The van der Waals surface area contributed by atoms with Crippen molar-refractivity contribution in [3.05, 3.63) is 23.8 Å². The molecule has 0 bridgehead atoms. The number of nitrogens with one attached hydrogen (secondary N) is 1. The van der Waals surface area contributed by atoms with Crippen LogP contribution in [0.25, 0.3) is 0 Å². The largest absolute Gasteiger partial charge is 0.482 e. The van der Waals surface area contributed by atoms with E-state index in [0.717, 1.165) is 18.4 Å². The molecule has 6 nitrogen and oxygen atoms in total. The molecule has 2 atom stereocenters. The molecule has 0 radical (unpaired) electrons. The Balaban J connectivity index is 1.97. The van der Waals surface area contributed by atoms with Crippen molar-refractivity contribution in [2.75, 3.05) is 11.9 Å². The summed E-state index contributed by atoms with van der Waals surface area (Å²) in [7, 11) is 0. The van der Waals surface area contributed by atoms with Crippen molar-refractivity contribution in [3.8, 4) is 5.75 Å². The first-order chi connectivity index (χ1) is 9.95. The molecule has 114 valence electrons. The number of aliphatic carboxylic acids is 1. The van der Waals surface area contributed by atoms with Crippen molar-refractivity contribution >= 4 is 17.6 Å². The Hall–Kier alpha value is -2.08. The highest BCUT2D eigenvalue weighted by atomic mass is 16.5. The molecular formula is C15H19NO5. The third kappa shape index (κ3) is 4.19. The first-order valence-electron chi connectivity index (χ1n) is 6.87. The Bertz CT molecular complexity index is 543. The van der Waals surface area contributed by atoms with Gasteiger partial charge in [-0.1, -0.05) is 0 Å². The number of carboxylic acids is 1. The molecule has 0 aromatic heterocycles. The van der Waals surface area contributed by atoms with Crippen molar-refractivity contribution in [1.82, 2.24) is 0 Å². The average Bonchev–Trinajstić information content (AvgIpc) is 2.86. The zero-order chi connectivity index (χ0) is 15.4. The predicted molar refractivity (Wildman–Crippen MR) is 76.5 cm³/mol. The molecule has 2 N–H and O–H groups in total. The molecule has 1 aliphatic rings. The minimum Gasteiger partial charge on any atom is -0.482 e. The van der Waals surface area contributed by atoms with Crippen LogP contribution in [0.15, 0.2) is 18.2 Å². The van der Waals surface area contributed by atoms with E-state index in [0.29, 0.717) is 11.4 Å². The zero-order valence-corrected chi connectivity index (χ0v) is 12.1. The van der Waals surface area contributed by atoms with Crippen LogP contribution in [0.1, 0.15) is 25.3 Å².